The van der Waals surface area contributed by atoms with Gasteiger partial charge in [0, 0.05) is 23.7 Å². The van der Waals surface area contributed by atoms with E-state index in [1.807, 2.05) is 13.8 Å². The van der Waals surface area contributed by atoms with Gasteiger partial charge in [0.05, 0.1) is 0 Å². The zero-order valence-corrected chi connectivity index (χ0v) is 11.1. The van der Waals surface area contributed by atoms with Gasteiger partial charge in [-0.05, 0) is 23.8 Å². The standard InChI is InChI=1S/C16H17F2N/c1-11(2)19-10-12-7-8-16(18)14(9-12)13-5-3-4-6-15(13)17/h3-9,11,19H,10H2,1-2H3. The Morgan fingerprint density at radius 1 is 0.947 bits per heavy atom. The van der Waals surface area contributed by atoms with Crippen molar-refractivity contribution in [2.45, 2.75) is 26.4 Å². The molecule has 100 valence electrons. The first-order chi connectivity index (χ1) is 9.08. The minimum Gasteiger partial charge on any atom is -0.310 e. The van der Waals surface area contributed by atoms with Crippen molar-refractivity contribution in [3.05, 3.63) is 59.7 Å². The number of benzene rings is 2. The Morgan fingerprint density at radius 3 is 2.32 bits per heavy atom. The molecule has 0 unspecified atom stereocenters. The van der Waals surface area contributed by atoms with E-state index in [2.05, 4.69) is 5.32 Å². The molecule has 2 aromatic carbocycles. The second kappa shape index (κ2) is 5.93. The van der Waals surface area contributed by atoms with Crippen LogP contribution in [0.2, 0.25) is 0 Å². The third kappa shape index (κ3) is 3.38. The Kier molecular flexibility index (Phi) is 4.27. The normalized spacial score (nSPS) is 11.0. The highest BCUT2D eigenvalue weighted by Crippen LogP contribution is 2.26. The predicted molar refractivity (Wildman–Crippen MR) is 73.8 cm³/mol. The largest absolute Gasteiger partial charge is 0.310 e. The topological polar surface area (TPSA) is 12.0 Å². The summed E-state index contributed by atoms with van der Waals surface area (Å²) in [7, 11) is 0. The van der Waals surface area contributed by atoms with Gasteiger partial charge in [0.25, 0.3) is 0 Å². The number of halogens is 2. The average Bonchev–Trinajstić information content (AvgIpc) is 2.38. The Balaban J connectivity index is 2.35. The van der Waals surface area contributed by atoms with E-state index in [9.17, 15) is 8.78 Å². The third-order valence-electron chi connectivity index (χ3n) is 2.91. The molecule has 0 aromatic heterocycles. The molecule has 0 spiro atoms. The van der Waals surface area contributed by atoms with E-state index >= 15 is 0 Å². The molecule has 0 aliphatic carbocycles. The maximum atomic E-state index is 13.8. The van der Waals surface area contributed by atoms with Crippen LogP contribution in [-0.4, -0.2) is 6.04 Å². The highest BCUT2D eigenvalue weighted by Gasteiger charge is 2.10. The zero-order chi connectivity index (χ0) is 13.8. The van der Waals surface area contributed by atoms with Crippen molar-refractivity contribution in [3.8, 4) is 11.1 Å². The molecule has 19 heavy (non-hydrogen) atoms. The third-order valence-corrected chi connectivity index (χ3v) is 2.91. The van der Waals surface area contributed by atoms with Crippen molar-refractivity contribution in [2.24, 2.45) is 0 Å². The number of nitrogens with one attached hydrogen (secondary N) is 1. The van der Waals surface area contributed by atoms with E-state index in [4.69, 9.17) is 0 Å². The molecule has 0 saturated carbocycles. The van der Waals surface area contributed by atoms with E-state index < -0.39 is 11.6 Å². The summed E-state index contributed by atoms with van der Waals surface area (Å²) >= 11 is 0. The summed E-state index contributed by atoms with van der Waals surface area (Å²) in [6.45, 7) is 4.72. The fourth-order valence-electron chi connectivity index (χ4n) is 1.89. The summed E-state index contributed by atoms with van der Waals surface area (Å²) in [6.07, 6.45) is 0. The van der Waals surface area contributed by atoms with Gasteiger partial charge >= 0.3 is 0 Å². The Morgan fingerprint density at radius 2 is 1.63 bits per heavy atom. The van der Waals surface area contributed by atoms with Crippen LogP contribution in [-0.2, 0) is 6.54 Å². The molecule has 0 aliphatic heterocycles. The van der Waals surface area contributed by atoms with Gasteiger partial charge in [0.1, 0.15) is 11.6 Å². The first-order valence-corrected chi connectivity index (χ1v) is 6.34. The molecular weight excluding hydrogens is 244 g/mol. The molecule has 1 N–H and O–H groups in total. The van der Waals surface area contributed by atoms with Gasteiger partial charge in [-0.2, -0.15) is 0 Å². The zero-order valence-electron chi connectivity index (χ0n) is 11.1. The van der Waals surface area contributed by atoms with Crippen LogP contribution in [0.25, 0.3) is 11.1 Å². The molecule has 2 aromatic rings. The minimum atomic E-state index is -0.407. The van der Waals surface area contributed by atoms with Gasteiger partial charge < -0.3 is 5.32 Å². The highest BCUT2D eigenvalue weighted by atomic mass is 19.1. The summed E-state index contributed by atoms with van der Waals surface area (Å²) in [5, 5.41) is 3.26. The van der Waals surface area contributed by atoms with Gasteiger partial charge in [-0.25, -0.2) is 8.78 Å². The van der Waals surface area contributed by atoms with E-state index in [0.717, 1.165) is 5.56 Å². The van der Waals surface area contributed by atoms with Crippen molar-refractivity contribution >= 4 is 0 Å². The van der Waals surface area contributed by atoms with Crippen molar-refractivity contribution in [2.75, 3.05) is 0 Å². The second-order valence-electron chi connectivity index (χ2n) is 4.83. The molecule has 0 saturated heterocycles. The fraction of sp³-hybridized carbons (Fsp3) is 0.250. The van der Waals surface area contributed by atoms with Gasteiger partial charge in [0.2, 0.25) is 0 Å². The van der Waals surface area contributed by atoms with Gasteiger partial charge in [0.15, 0.2) is 0 Å². The van der Waals surface area contributed by atoms with Crippen LogP contribution in [0.4, 0.5) is 8.78 Å². The quantitative estimate of drug-likeness (QED) is 0.872. The molecule has 0 amide bonds. The Bertz CT molecular complexity index is 564. The average molecular weight is 261 g/mol. The van der Waals surface area contributed by atoms with Crippen molar-refractivity contribution in [1.82, 2.24) is 5.32 Å². The molecule has 2 rings (SSSR count). The van der Waals surface area contributed by atoms with E-state index in [1.54, 1.807) is 30.3 Å². The number of rotatable bonds is 4. The smallest absolute Gasteiger partial charge is 0.131 e. The second-order valence-corrected chi connectivity index (χ2v) is 4.83. The van der Waals surface area contributed by atoms with Crippen molar-refractivity contribution in [1.29, 1.82) is 0 Å². The lowest BCUT2D eigenvalue weighted by molar-refractivity contribution is 0.586. The molecule has 0 fully saturated rings. The first-order valence-electron chi connectivity index (χ1n) is 6.34. The maximum absolute atomic E-state index is 13.8. The monoisotopic (exact) mass is 261 g/mol. The van der Waals surface area contributed by atoms with Gasteiger partial charge in [-0.3, -0.25) is 0 Å². The first kappa shape index (κ1) is 13.7. The molecule has 0 bridgehead atoms. The fourth-order valence-corrected chi connectivity index (χ4v) is 1.89. The summed E-state index contributed by atoms with van der Waals surface area (Å²) < 4.78 is 27.6. The lowest BCUT2D eigenvalue weighted by atomic mass is 10.0. The van der Waals surface area contributed by atoms with Gasteiger partial charge in [-0.15, -0.1) is 0 Å². The van der Waals surface area contributed by atoms with Gasteiger partial charge in [-0.1, -0.05) is 38.1 Å². The molecule has 0 heterocycles. The minimum absolute atomic E-state index is 0.298. The maximum Gasteiger partial charge on any atom is 0.131 e. The lowest BCUT2D eigenvalue weighted by Gasteiger charge is -2.11. The van der Waals surface area contributed by atoms with E-state index in [1.165, 1.54) is 12.1 Å². The van der Waals surface area contributed by atoms with E-state index in [0.29, 0.717) is 23.7 Å². The van der Waals surface area contributed by atoms with Crippen LogP contribution in [0.5, 0.6) is 0 Å². The summed E-state index contributed by atoms with van der Waals surface area (Å²) in [5.74, 6) is -0.811. The number of hydrogen-bond donors (Lipinski definition) is 1. The molecular formula is C16H17F2N. The van der Waals surface area contributed by atoms with Crippen LogP contribution >= 0.6 is 0 Å². The summed E-state index contributed by atoms with van der Waals surface area (Å²) in [6, 6.07) is 11.4. The van der Waals surface area contributed by atoms with Crippen LogP contribution in [0.3, 0.4) is 0 Å². The molecule has 0 atom stereocenters. The van der Waals surface area contributed by atoms with Crippen molar-refractivity contribution in [3.63, 3.8) is 0 Å². The van der Waals surface area contributed by atoms with E-state index in [-0.39, 0.29) is 0 Å². The Hall–Kier alpha value is -1.74. The van der Waals surface area contributed by atoms with Crippen molar-refractivity contribution < 1.29 is 8.78 Å². The Labute approximate surface area is 112 Å². The molecule has 1 nitrogen and oxygen atoms in total. The highest BCUT2D eigenvalue weighted by molar-refractivity contribution is 5.65. The van der Waals surface area contributed by atoms with Crippen LogP contribution in [0.1, 0.15) is 19.4 Å². The molecule has 0 radical (unpaired) electrons. The SMILES string of the molecule is CC(C)NCc1ccc(F)c(-c2ccccc2F)c1. The molecule has 3 heteroatoms. The van der Waals surface area contributed by atoms with Crippen LogP contribution < -0.4 is 5.32 Å². The molecule has 0 aliphatic rings. The predicted octanol–water partition coefficient (Wildman–Crippen LogP) is 4.13. The van der Waals surface area contributed by atoms with Crippen LogP contribution in [0.15, 0.2) is 42.5 Å². The number of hydrogen-bond acceptors (Lipinski definition) is 1. The lowest BCUT2D eigenvalue weighted by Crippen LogP contribution is -2.21. The summed E-state index contributed by atoms with van der Waals surface area (Å²) in [4.78, 5) is 0. The summed E-state index contributed by atoms with van der Waals surface area (Å²) in [5.41, 5.74) is 1.54. The van der Waals surface area contributed by atoms with Crippen LogP contribution in [0, 0.1) is 11.6 Å².